The molecule has 3 N–H and O–H groups in total. The molecular formula is C48H53N3O9Si. The van der Waals surface area contributed by atoms with Gasteiger partial charge in [-0.15, -0.1) is 0 Å². The Morgan fingerprint density at radius 2 is 1.28 bits per heavy atom. The van der Waals surface area contributed by atoms with Gasteiger partial charge in [-0.25, -0.2) is 9.59 Å². The SMILES string of the molecule is CC(C)(C)[Si](C)(C)Oc1ccc(C(=O)NC2CN(C(=O)O)CCCC2OC(=O)c2ccc(NC(=O)c3c(OCc4ccccc4)cccc3OCc3ccccc3)cc2)cc1. The number of rotatable bonds is 14. The molecule has 3 amide bonds. The second kappa shape index (κ2) is 19.6. The van der Waals surface area contributed by atoms with Gasteiger partial charge < -0.3 is 39.3 Å². The number of ether oxygens (including phenoxy) is 3. The van der Waals surface area contributed by atoms with Crippen molar-refractivity contribution in [3.63, 3.8) is 0 Å². The van der Waals surface area contributed by atoms with Gasteiger partial charge in [0.25, 0.3) is 11.8 Å². The predicted octanol–water partition coefficient (Wildman–Crippen LogP) is 9.58. The summed E-state index contributed by atoms with van der Waals surface area (Å²) < 4.78 is 24.6. The second-order valence-electron chi connectivity index (χ2n) is 16.5. The minimum atomic E-state index is -2.10. The third kappa shape index (κ3) is 11.8. The van der Waals surface area contributed by atoms with Crippen LogP contribution in [0.4, 0.5) is 10.5 Å². The number of amides is 3. The van der Waals surface area contributed by atoms with Gasteiger partial charge in [-0.3, -0.25) is 9.59 Å². The Bertz CT molecular complexity index is 2220. The first-order valence-corrected chi connectivity index (χ1v) is 23.2. The maximum absolute atomic E-state index is 14.0. The Balaban J connectivity index is 1.14. The Morgan fingerprint density at radius 3 is 1.82 bits per heavy atom. The molecule has 1 heterocycles. The van der Waals surface area contributed by atoms with Crippen molar-refractivity contribution in [2.45, 2.75) is 77.1 Å². The lowest BCUT2D eigenvalue weighted by atomic mass is 10.1. The number of carboxylic acid groups (broad SMARTS) is 1. The monoisotopic (exact) mass is 843 g/mol. The number of nitrogens with zero attached hydrogens (tertiary/aromatic N) is 1. The largest absolute Gasteiger partial charge is 0.544 e. The minimum Gasteiger partial charge on any atom is -0.544 e. The maximum atomic E-state index is 14.0. The molecule has 1 aliphatic rings. The average Bonchev–Trinajstić information content (AvgIpc) is 3.44. The number of esters is 1. The number of hydrogen-bond donors (Lipinski definition) is 3. The number of carbonyl (C=O) groups excluding carboxylic acids is 3. The molecule has 61 heavy (non-hydrogen) atoms. The van der Waals surface area contributed by atoms with E-state index in [9.17, 15) is 24.3 Å². The molecule has 2 atom stereocenters. The van der Waals surface area contributed by atoms with Crippen molar-refractivity contribution in [2.75, 3.05) is 18.4 Å². The summed E-state index contributed by atoms with van der Waals surface area (Å²) >= 11 is 0. The maximum Gasteiger partial charge on any atom is 0.407 e. The third-order valence-corrected chi connectivity index (χ3v) is 15.3. The van der Waals surface area contributed by atoms with E-state index in [1.165, 1.54) is 17.0 Å². The summed E-state index contributed by atoms with van der Waals surface area (Å²) in [5.41, 5.74) is 3.05. The van der Waals surface area contributed by atoms with E-state index in [-0.39, 0.29) is 42.5 Å². The minimum absolute atomic E-state index is 0.00229. The number of hydrogen-bond acceptors (Lipinski definition) is 8. The molecule has 0 radical (unpaired) electrons. The molecule has 6 rings (SSSR count). The summed E-state index contributed by atoms with van der Waals surface area (Å²) in [4.78, 5) is 54.3. The molecule has 13 heteroatoms. The molecule has 318 valence electrons. The van der Waals surface area contributed by atoms with E-state index in [1.807, 2.05) is 60.7 Å². The molecule has 1 fully saturated rings. The topological polar surface area (TPSA) is 153 Å². The zero-order valence-electron chi connectivity index (χ0n) is 35.2. The second-order valence-corrected chi connectivity index (χ2v) is 21.2. The quantitative estimate of drug-likeness (QED) is 0.0733. The highest BCUT2D eigenvalue weighted by molar-refractivity contribution is 6.74. The third-order valence-electron chi connectivity index (χ3n) is 11.0. The van der Waals surface area contributed by atoms with E-state index >= 15 is 0 Å². The van der Waals surface area contributed by atoms with Gasteiger partial charge in [-0.05, 0) is 103 Å². The zero-order chi connectivity index (χ0) is 43.6. The number of carbonyl (C=O) groups is 4. The molecule has 1 saturated heterocycles. The normalized spacial score (nSPS) is 15.5. The predicted molar refractivity (Wildman–Crippen MR) is 236 cm³/mol. The lowest BCUT2D eigenvalue weighted by Gasteiger charge is -2.36. The van der Waals surface area contributed by atoms with Crippen LogP contribution < -0.4 is 24.5 Å². The molecule has 0 saturated carbocycles. The molecule has 5 aromatic carbocycles. The van der Waals surface area contributed by atoms with Crippen molar-refractivity contribution >= 4 is 37.9 Å². The summed E-state index contributed by atoms with van der Waals surface area (Å²) in [6.45, 7) is 11.4. The van der Waals surface area contributed by atoms with Crippen LogP contribution in [-0.2, 0) is 18.0 Å². The smallest absolute Gasteiger partial charge is 0.407 e. The fraction of sp³-hybridized carbons (Fsp3) is 0.292. The first kappa shape index (κ1) is 44.0. The number of likely N-dealkylation sites (tertiary alicyclic amines) is 1. The van der Waals surface area contributed by atoms with Gasteiger partial charge in [0.15, 0.2) is 0 Å². The molecule has 0 aromatic heterocycles. The van der Waals surface area contributed by atoms with Crippen LogP contribution in [0, 0.1) is 0 Å². The number of nitrogens with one attached hydrogen (secondary N) is 2. The van der Waals surface area contributed by atoms with E-state index in [0.29, 0.717) is 41.3 Å². The van der Waals surface area contributed by atoms with Crippen molar-refractivity contribution in [3.05, 3.63) is 155 Å². The molecule has 2 unspecified atom stereocenters. The first-order chi connectivity index (χ1) is 29.2. The van der Waals surface area contributed by atoms with Gasteiger partial charge in [-0.2, -0.15) is 0 Å². The van der Waals surface area contributed by atoms with Gasteiger partial charge in [0.05, 0.1) is 11.6 Å². The first-order valence-electron chi connectivity index (χ1n) is 20.3. The van der Waals surface area contributed by atoms with E-state index in [4.69, 9.17) is 18.6 Å². The van der Waals surface area contributed by atoms with Gasteiger partial charge in [0.2, 0.25) is 8.32 Å². The molecule has 0 spiro atoms. The Morgan fingerprint density at radius 1 is 0.721 bits per heavy atom. The van der Waals surface area contributed by atoms with Crippen LogP contribution in [0.1, 0.15) is 75.8 Å². The summed E-state index contributed by atoms with van der Waals surface area (Å²) in [5, 5.41) is 15.7. The van der Waals surface area contributed by atoms with Crippen LogP contribution >= 0.6 is 0 Å². The fourth-order valence-corrected chi connectivity index (χ4v) is 7.52. The van der Waals surface area contributed by atoms with E-state index in [1.54, 1.807) is 54.6 Å². The summed E-state index contributed by atoms with van der Waals surface area (Å²) in [6, 6.07) is 36.7. The molecule has 1 aliphatic heterocycles. The Hall–Kier alpha value is -6.60. The highest BCUT2D eigenvalue weighted by Gasteiger charge is 2.39. The Labute approximate surface area is 357 Å². The lowest BCUT2D eigenvalue weighted by molar-refractivity contribution is 0.0179. The van der Waals surface area contributed by atoms with Crippen molar-refractivity contribution < 1.29 is 42.9 Å². The van der Waals surface area contributed by atoms with Crippen molar-refractivity contribution in [2.24, 2.45) is 0 Å². The van der Waals surface area contributed by atoms with Crippen molar-refractivity contribution in [1.82, 2.24) is 10.2 Å². The van der Waals surface area contributed by atoms with Crippen molar-refractivity contribution in [1.29, 1.82) is 0 Å². The molecular weight excluding hydrogens is 791 g/mol. The standard InChI is InChI=1S/C48H53N3O9Si/c1-48(2,3)61(4,5)60-38-27-23-35(24-28-38)44(52)50-39-30-51(47(55)56)29-13-20-40(39)59-46(54)36-21-25-37(26-22-36)49-45(53)43-41(57-31-33-14-8-6-9-15-33)18-12-19-42(43)58-32-34-16-10-7-11-17-34/h6-12,14-19,21-28,39-40H,13,20,29-32H2,1-5H3,(H,49,53)(H,50,52)(H,55,56). The summed E-state index contributed by atoms with van der Waals surface area (Å²) in [5.74, 6) is -0.216. The van der Waals surface area contributed by atoms with Crippen LogP contribution in [0.15, 0.2) is 127 Å². The fourth-order valence-electron chi connectivity index (χ4n) is 6.49. The molecule has 0 bridgehead atoms. The number of benzene rings is 5. The average molecular weight is 844 g/mol. The zero-order valence-corrected chi connectivity index (χ0v) is 36.2. The van der Waals surface area contributed by atoms with Crippen LogP contribution in [0.5, 0.6) is 17.2 Å². The van der Waals surface area contributed by atoms with Gasteiger partial charge >= 0.3 is 12.1 Å². The van der Waals surface area contributed by atoms with Crippen LogP contribution in [0.2, 0.25) is 18.1 Å². The number of anilines is 1. The molecule has 5 aromatic rings. The van der Waals surface area contributed by atoms with Crippen molar-refractivity contribution in [3.8, 4) is 17.2 Å². The van der Waals surface area contributed by atoms with Gasteiger partial charge in [0.1, 0.15) is 42.1 Å². The summed E-state index contributed by atoms with van der Waals surface area (Å²) in [7, 11) is -2.10. The Kier molecular flexibility index (Phi) is 14.2. The van der Waals surface area contributed by atoms with Crippen LogP contribution in [-0.4, -0.2) is 67.4 Å². The lowest BCUT2D eigenvalue weighted by Crippen LogP contribution is -2.51. The van der Waals surface area contributed by atoms with Crippen LogP contribution in [0.25, 0.3) is 0 Å². The summed E-state index contributed by atoms with van der Waals surface area (Å²) in [6.07, 6.45) is -1.19. The highest BCUT2D eigenvalue weighted by Crippen LogP contribution is 2.37. The highest BCUT2D eigenvalue weighted by atomic mass is 28.4. The van der Waals surface area contributed by atoms with E-state index in [0.717, 1.165) is 11.1 Å². The van der Waals surface area contributed by atoms with Crippen LogP contribution in [0.3, 0.4) is 0 Å². The van der Waals surface area contributed by atoms with Gasteiger partial charge in [0, 0.05) is 24.3 Å². The van der Waals surface area contributed by atoms with E-state index in [2.05, 4.69) is 44.5 Å². The molecule has 12 nitrogen and oxygen atoms in total. The van der Waals surface area contributed by atoms with Gasteiger partial charge in [-0.1, -0.05) is 87.5 Å². The van der Waals surface area contributed by atoms with E-state index < -0.39 is 44.3 Å². The molecule has 0 aliphatic carbocycles.